The zero-order valence-electron chi connectivity index (χ0n) is 9.60. The number of hydrogen-bond acceptors (Lipinski definition) is 4. The molecule has 0 saturated heterocycles. The molecule has 0 radical (unpaired) electrons. The van der Waals surface area contributed by atoms with Crippen LogP contribution in [0.2, 0.25) is 0 Å². The van der Waals surface area contributed by atoms with Crippen molar-refractivity contribution in [3.63, 3.8) is 0 Å². The summed E-state index contributed by atoms with van der Waals surface area (Å²) in [6.45, 7) is 4.39. The van der Waals surface area contributed by atoms with E-state index < -0.39 is 0 Å². The smallest absolute Gasteiger partial charge is 0.316 e. The molecule has 2 rings (SSSR count). The van der Waals surface area contributed by atoms with Gasteiger partial charge in [0.1, 0.15) is 0 Å². The van der Waals surface area contributed by atoms with Crippen LogP contribution in [0.25, 0.3) is 10.4 Å². The van der Waals surface area contributed by atoms with Gasteiger partial charge in [-0.05, 0) is 18.1 Å². The van der Waals surface area contributed by atoms with Crippen molar-refractivity contribution in [2.45, 2.75) is 19.8 Å². The molecule has 3 nitrogen and oxygen atoms in total. The van der Waals surface area contributed by atoms with Crippen LogP contribution in [0.1, 0.15) is 24.6 Å². The number of rotatable bonds is 3. The molecule has 2 heterocycles. The predicted octanol–water partition coefficient (Wildman–Crippen LogP) is 3.34. The summed E-state index contributed by atoms with van der Waals surface area (Å²) in [6.07, 6.45) is 3.59. The first-order valence-electron chi connectivity index (χ1n) is 5.17. The minimum absolute atomic E-state index is 0.407. The van der Waals surface area contributed by atoms with Gasteiger partial charge in [0.2, 0.25) is 0 Å². The van der Waals surface area contributed by atoms with Crippen LogP contribution in [-0.2, 0) is 0 Å². The standard InChI is InChI=1S/C12H14N2OS/c1-8(2)10-4-5-11(16-10)9-6-13-12(15-3)14-7-9/h4-8H,1-3H3. The number of ether oxygens (including phenoxy) is 1. The molecular weight excluding hydrogens is 220 g/mol. The van der Waals surface area contributed by atoms with Crippen molar-refractivity contribution >= 4 is 11.3 Å². The van der Waals surface area contributed by atoms with Gasteiger partial charge in [0.25, 0.3) is 0 Å². The SMILES string of the molecule is COc1ncc(-c2ccc(C(C)C)s2)cn1. The summed E-state index contributed by atoms with van der Waals surface area (Å²) < 4.78 is 4.93. The molecule has 84 valence electrons. The first-order valence-corrected chi connectivity index (χ1v) is 5.98. The Labute approximate surface area is 99.1 Å². The molecule has 0 amide bonds. The second kappa shape index (κ2) is 4.61. The first kappa shape index (κ1) is 11.1. The number of hydrogen-bond donors (Lipinski definition) is 0. The molecule has 2 aromatic heterocycles. The second-order valence-corrected chi connectivity index (χ2v) is 4.93. The van der Waals surface area contributed by atoms with Crippen molar-refractivity contribution in [2.24, 2.45) is 0 Å². The lowest BCUT2D eigenvalue weighted by Gasteiger charge is -2.00. The summed E-state index contributed by atoms with van der Waals surface area (Å²) in [5.41, 5.74) is 1.04. The summed E-state index contributed by atoms with van der Waals surface area (Å²) in [6, 6.07) is 4.68. The van der Waals surface area contributed by atoms with Crippen LogP contribution >= 0.6 is 11.3 Å². The molecule has 0 fully saturated rings. The summed E-state index contributed by atoms with van der Waals surface area (Å²) >= 11 is 1.79. The molecule has 0 bridgehead atoms. The molecule has 0 saturated carbocycles. The van der Waals surface area contributed by atoms with Gasteiger partial charge in [0.05, 0.1) is 7.11 Å². The van der Waals surface area contributed by atoms with Crippen LogP contribution in [0.5, 0.6) is 6.01 Å². The van der Waals surface area contributed by atoms with Crippen LogP contribution in [-0.4, -0.2) is 17.1 Å². The van der Waals surface area contributed by atoms with E-state index >= 15 is 0 Å². The van der Waals surface area contributed by atoms with Crippen molar-refractivity contribution in [2.75, 3.05) is 7.11 Å². The first-order chi connectivity index (χ1) is 7.70. The highest BCUT2D eigenvalue weighted by Gasteiger charge is 2.06. The summed E-state index contributed by atoms with van der Waals surface area (Å²) in [4.78, 5) is 10.8. The van der Waals surface area contributed by atoms with E-state index in [9.17, 15) is 0 Å². The lowest BCUT2D eigenvalue weighted by Crippen LogP contribution is -1.90. The molecule has 0 aliphatic rings. The Morgan fingerprint density at radius 2 is 1.88 bits per heavy atom. The van der Waals surface area contributed by atoms with Crippen molar-refractivity contribution in [3.05, 3.63) is 29.4 Å². The third-order valence-electron chi connectivity index (χ3n) is 2.29. The Morgan fingerprint density at radius 3 is 2.38 bits per heavy atom. The van der Waals surface area contributed by atoms with E-state index in [0.29, 0.717) is 11.9 Å². The molecule has 0 aliphatic heterocycles. The average molecular weight is 234 g/mol. The Bertz CT molecular complexity index is 462. The maximum Gasteiger partial charge on any atom is 0.316 e. The third kappa shape index (κ3) is 2.22. The van der Waals surface area contributed by atoms with Crippen LogP contribution in [0.3, 0.4) is 0 Å². The molecule has 0 atom stereocenters. The monoisotopic (exact) mass is 234 g/mol. The Balaban J connectivity index is 2.28. The summed E-state index contributed by atoms with van der Waals surface area (Å²) in [5, 5.41) is 0. The van der Waals surface area contributed by atoms with Gasteiger partial charge in [-0.15, -0.1) is 11.3 Å². The van der Waals surface area contributed by atoms with Gasteiger partial charge in [0.15, 0.2) is 0 Å². The largest absolute Gasteiger partial charge is 0.467 e. The van der Waals surface area contributed by atoms with E-state index in [0.717, 1.165) is 5.56 Å². The molecular formula is C12H14N2OS. The fraction of sp³-hybridized carbons (Fsp3) is 0.333. The summed E-state index contributed by atoms with van der Waals surface area (Å²) in [5.74, 6) is 0.568. The summed E-state index contributed by atoms with van der Waals surface area (Å²) in [7, 11) is 1.57. The van der Waals surface area contributed by atoms with Crippen LogP contribution in [0.15, 0.2) is 24.5 Å². The number of nitrogens with zero attached hydrogens (tertiary/aromatic N) is 2. The van der Waals surface area contributed by atoms with Crippen LogP contribution in [0.4, 0.5) is 0 Å². The lowest BCUT2D eigenvalue weighted by molar-refractivity contribution is 0.380. The topological polar surface area (TPSA) is 35.0 Å². The quantitative estimate of drug-likeness (QED) is 0.817. The molecule has 0 spiro atoms. The van der Waals surface area contributed by atoms with E-state index in [1.807, 2.05) is 0 Å². The molecule has 0 aromatic carbocycles. The van der Waals surface area contributed by atoms with Crippen LogP contribution in [0, 0.1) is 0 Å². The predicted molar refractivity (Wildman–Crippen MR) is 66.0 cm³/mol. The maximum atomic E-state index is 4.93. The van der Waals surface area contributed by atoms with Gasteiger partial charge < -0.3 is 4.74 Å². The number of aromatic nitrogens is 2. The van der Waals surface area contributed by atoms with E-state index in [1.54, 1.807) is 30.8 Å². The van der Waals surface area contributed by atoms with E-state index in [1.165, 1.54) is 9.75 Å². The minimum Gasteiger partial charge on any atom is -0.467 e. The lowest BCUT2D eigenvalue weighted by atomic mass is 10.2. The zero-order chi connectivity index (χ0) is 11.5. The highest BCUT2D eigenvalue weighted by molar-refractivity contribution is 7.15. The van der Waals surface area contributed by atoms with Crippen molar-refractivity contribution in [1.82, 2.24) is 9.97 Å². The fourth-order valence-electron chi connectivity index (χ4n) is 1.37. The normalized spacial score (nSPS) is 10.8. The molecule has 16 heavy (non-hydrogen) atoms. The molecule has 2 aromatic rings. The highest BCUT2D eigenvalue weighted by Crippen LogP contribution is 2.31. The van der Waals surface area contributed by atoms with Gasteiger partial charge >= 0.3 is 6.01 Å². The van der Waals surface area contributed by atoms with E-state index in [2.05, 4.69) is 35.9 Å². The van der Waals surface area contributed by atoms with Crippen molar-refractivity contribution < 1.29 is 4.74 Å². The number of methoxy groups -OCH3 is 1. The average Bonchev–Trinajstić information content (AvgIpc) is 2.78. The van der Waals surface area contributed by atoms with E-state index in [-0.39, 0.29) is 0 Å². The molecule has 0 N–H and O–H groups in total. The van der Waals surface area contributed by atoms with Gasteiger partial charge in [-0.25, -0.2) is 9.97 Å². The molecule has 0 unspecified atom stereocenters. The van der Waals surface area contributed by atoms with Gasteiger partial charge in [-0.2, -0.15) is 0 Å². The van der Waals surface area contributed by atoms with E-state index in [4.69, 9.17) is 4.74 Å². The third-order valence-corrected chi connectivity index (χ3v) is 3.73. The maximum absolute atomic E-state index is 4.93. The Hall–Kier alpha value is -1.42. The highest BCUT2D eigenvalue weighted by atomic mass is 32.1. The Kier molecular flexibility index (Phi) is 3.19. The van der Waals surface area contributed by atoms with Crippen molar-refractivity contribution in [1.29, 1.82) is 0 Å². The molecule has 4 heteroatoms. The van der Waals surface area contributed by atoms with Crippen molar-refractivity contribution in [3.8, 4) is 16.5 Å². The van der Waals surface area contributed by atoms with Gasteiger partial charge in [-0.3, -0.25) is 0 Å². The minimum atomic E-state index is 0.407. The molecule has 0 aliphatic carbocycles. The fourth-order valence-corrected chi connectivity index (χ4v) is 2.35. The zero-order valence-corrected chi connectivity index (χ0v) is 10.4. The van der Waals surface area contributed by atoms with Gasteiger partial charge in [-0.1, -0.05) is 13.8 Å². The second-order valence-electron chi connectivity index (χ2n) is 3.82. The van der Waals surface area contributed by atoms with Crippen LogP contribution < -0.4 is 4.74 Å². The van der Waals surface area contributed by atoms with Gasteiger partial charge in [0, 0.05) is 27.7 Å². The number of thiophene rings is 1. The Morgan fingerprint density at radius 1 is 1.19 bits per heavy atom.